The van der Waals surface area contributed by atoms with Gasteiger partial charge in [-0.25, -0.2) is 0 Å². The quantitative estimate of drug-likeness (QED) is 0.859. The van der Waals surface area contributed by atoms with Crippen molar-refractivity contribution in [3.63, 3.8) is 0 Å². The summed E-state index contributed by atoms with van der Waals surface area (Å²) in [6.45, 7) is 6.60. The fraction of sp³-hybridized carbons (Fsp3) is 0.625. The fourth-order valence-corrected chi connectivity index (χ4v) is 2.98. The summed E-state index contributed by atoms with van der Waals surface area (Å²) >= 11 is 0. The van der Waals surface area contributed by atoms with Gasteiger partial charge in [-0.2, -0.15) is 0 Å². The minimum atomic E-state index is 0.888. The van der Waals surface area contributed by atoms with E-state index in [-0.39, 0.29) is 0 Å². The first-order valence-electron chi connectivity index (χ1n) is 7.03. The number of aryl methyl sites for hydroxylation is 1. The second-order valence-electron chi connectivity index (χ2n) is 5.72. The lowest BCUT2D eigenvalue weighted by Gasteiger charge is -2.12. The maximum Gasteiger partial charge on any atom is 0.121 e. The van der Waals surface area contributed by atoms with Crippen LogP contribution in [-0.4, -0.2) is 13.7 Å². The highest BCUT2D eigenvalue weighted by molar-refractivity contribution is 5.36. The second-order valence-corrected chi connectivity index (χ2v) is 5.72. The number of rotatable bonds is 5. The second kappa shape index (κ2) is 6.24. The molecule has 0 spiro atoms. The van der Waals surface area contributed by atoms with Gasteiger partial charge in [0.15, 0.2) is 0 Å². The smallest absolute Gasteiger partial charge is 0.121 e. The van der Waals surface area contributed by atoms with E-state index in [1.165, 1.54) is 30.4 Å². The van der Waals surface area contributed by atoms with Gasteiger partial charge in [-0.05, 0) is 55.3 Å². The number of hydrogen-bond acceptors (Lipinski definition) is 2. The molecule has 2 heteroatoms. The zero-order chi connectivity index (χ0) is 13.0. The van der Waals surface area contributed by atoms with Crippen LogP contribution in [0.5, 0.6) is 5.75 Å². The van der Waals surface area contributed by atoms with Crippen molar-refractivity contribution in [2.75, 3.05) is 13.7 Å². The third kappa shape index (κ3) is 3.49. The molecule has 1 aliphatic rings. The Morgan fingerprint density at radius 3 is 2.78 bits per heavy atom. The average Bonchev–Trinajstić information content (AvgIpc) is 2.75. The molecule has 2 unspecified atom stereocenters. The first kappa shape index (κ1) is 13.4. The Labute approximate surface area is 111 Å². The summed E-state index contributed by atoms with van der Waals surface area (Å²) in [7, 11) is 1.72. The molecule has 0 heterocycles. The molecule has 1 N–H and O–H groups in total. The van der Waals surface area contributed by atoms with E-state index in [0.717, 1.165) is 30.7 Å². The lowest BCUT2D eigenvalue weighted by molar-refractivity contribution is 0.411. The largest absolute Gasteiger partial charge is 0.496 e. The highest BCUT2D eigenvalue weighted by atomic mass is 16.5. The van der Waals surface area contributed by atoms with Crippen LogP contribution in [0.4, 0.5) is 0 Å². The van der Waals surface area contributed by atoms with Crippen molar-refractivity contribution in [1.29, 1.82) is 0 Å². The molecular formula is C16H25NO. The molecule has 0 radical (unpaired) electrons. The summed E-state index contributed by atoms with van der Waals surface area (Å²) < 4.78 is 5.28. The molecule has 2 rings (SSSR count). The standard InChI is InChI=1S/C16H25NO/c1-12-4-5-14(8-12)10-17-11-15-6-7-16(18-3)13(2)9-15/h6-7,9,12,14,17H,4-5,8,10-11H2,1-3H3. The van der Waals surface area contributed by atoms with Gasteiger partial charge >= 0.3 is 0 Å². The monoisotopic (exact) mass is 247 g/mol. The molecule has 1 fully saturated rings. The van der Waals surface area contributed by atoms with Crippen LogP contribution in [0.1, 0.15) is 37.3 Å². The molecular weight excluding hydrogens is 222 g/mol. The predicted molar refractivity (Wildman–Crippen MR) is 75.9 cm³/mol. The van der Waals surface area contributed by atoms with Gasteiger partial charge in [0.05, 0.1) is 7.11 Å². The van der Waals surface area contributed by atoms with Gasteiger partial charge in [0.2, 0.25) is 0 Å². The SMILES string of the molecule is COc1ccc(CNCC2CCC(C)C2)cc1C. The molecule has 1 aromatic rings. The first-order valence-corrected chi connectivity index (χ1v) is 7.03. The summed E-state index contributed by atoms with van der Waals surface area (Å²) in [5.41, 5.74) is 2.56. The van der Waals surface area contributed by atoms with Gasteiger partial charge in [0, 0.05) is 6.54 Å². The van der Waals surface area contributed by atoms with E-state index in [1.807, 2.05) is 0 Å². The van der Waals surface area contributed by atoms with Crippen molar-refractivity contribution >= 4 is 0 Å². The Balaban J connectivity index is 1.78. The van der Waals surface area contributed by atoms with Crippen LogP contribution in [0.15, 0.2) is 18.2 Å². The van der Waals surface area contributed by atoms with E-state index >= 15 is 0 Å². The topological polar surface area (TPSA) is 21.3 Å². The Morgan fingerprint density at radius 1 is 1.33 bits per heavy atom. The number of nitrogens with one attached hydrogen (secondary N) is 1. The molecule has 0 amide bonds. The Morgan fingerprint density at radius 2 is 2.17 bits per heavy atom. The van der Waals surface area contributed by atoms with Gasteiger partial charge < -0.3 is 10.1 Å². The zero-order valence-electron chi connectivity index (χ0n) is 11.8. The summed E-state index contributed by atoms with van der Waals surface area (Å²) in [4.78, 5) is 0. The highest BCUT2D eigenvalue weighted by Gasteiger charge is 2.20. The van der Waals surface area contributed by atoms with Crippen molar-refractivity contribution in [2.24, 2.45) is 11.8 Å². The lowest BCUT2D eigenvalue weighted by atomic mass is 10.1. The normalized spacial score (nSPS) is 23.3. The average molecular weight is 247 g/mol. The molecule has 100 valence electrons. The molecule has 1 aromatic carbocycles. The number of benzene rings is 1. The van der Waals surface area contributed by atoms with Crippen LogP contribution in [-0.2, 0) is 6.54 Å². The van der Waals surface area contributed by atoms with Crippen LogP contribution in [0.25, 0.3) is 0 Å². The van der Waals surface area contributed by atoms with Crippen LogP contribution in [0.2, 0.25) is 0 Å². The Kier molecular flexibility index (Phi) is 4.65. The molecule has 0 saturated heterocycles. The first-order chi connectivity index (χ1) is 8.69. The molecule has 1 aliphatic carbocycles. The summed E-state index contributed by atoms with van der Waals surface area (Å²) in [5.74, 6) is 2.79. The Hall–Kier alpha value is -1.02. The van der Waals surface area contributed by atoms with Gasteiger partial charge in [-0.3, -0.25) is 0 Å². The maximum atomic E-state index is 5.28. The van der Waals surface area contributed by atoms with E-state index in [2.05, 4.69) is 37.4 Å². The summed E-state index contributed by atoms with van der Waals surface area (Å²) in [5, 5.41) is 3.59. The molecule has 0 bridgehead atoms. The van der Waals surface area contributed by atoms with Gasteiger partial charge in [-0.1, -0.05) is 25.5 Å². The third-order valence-corrected chi connectivity index (χ3v) is 4.02. The van der Waals surface area contributed by atoms with Crippen LogP contribution in [0, 0.1) is 18.8 Å². The molecule has 18 heavy (non-hydrogen) atoms. The van der Waals surface area contributed by atoms with Crippen molar-refractivity contribution < 1.29 is 4.74 Å². The Bertz CT molecular complexity index is 389. The van der Waals surface area contributed by atoms with Gasteiger partial charge in [0.25, 0.3) is 0 Å². The number of hydrogen-bond donors (Lipinski definition) is 1. The van der Waals surface area contributed by atoms with Crippen molar-refractivity contribution in [3.8, 4) is 5.75 Å². The van der Waals surface area contributed by atoms with E-state index in [4.69, 9.17) is 4.74 Å². The molecule has 2 atom stereocenters. The van der Waals surface area contributed by atoms with Gasteiger partial charge in [0.1, 0.15) is 5.75 Å². The molecule has 0 aromatic heterocycles. The molecule has 2 nitrogen and oxygen atoms in total. The maximum absolute atomic E-state index is 5.28. The lowest BCUT2D eigenvalue weighted by Crippen LogP contribution is -2.21. The highest BCUT2D eigenvalue weighted by Crippen LogP contribution is 2.29. The van der Waals surface area contributed by atoms with E-state index in [9.17, 15) is 0 Å². The summed E-state index contributed by atoms with van der Waals surface area (Å²) in [6, 6.07) is 6.42. The van der Waals surface area contributed by atoms with E-state index < -0.39 is 0 Å². The minimum absolute atomic E-state index is 0.888. The van der Waals surface area contributed by atoms with Gasteiger partial charge in [-0.15, -0.1) is 0 Å². The van der Waals surface area contributed by atoms with Crippen molar-refractivity contribution in [1.82, 2.24) is 5.32 Å². The third-order valence-electron chi connectivity index (χ3n) is 4.02. The van der Waals surface area contributed by atoms with E-state index in [0.29, 0.717) is 0 Å². The minimum Gasteiger partial charge on any atom is -0.496 e. The molecule has 1 saturated carbocycles. The zero-order valence-corrected chi connectivity index (χ0v) is 11.8. The fourth-order valence-electron chi connectivity index (χ4n) is 2.98. The van der Waals surface area contributed by atoms with Crippen molar-refractivity contribution in [3.05, 3.63) is 29.3 Å². The van der Waals surface area contributed by atoms with Crippen LogP contribution < -0.4 is 10.1 Å². The number of methoxy groups -OCH3 is 1. The van der Waals surface area contributed by atoms with Crippen LogP contribution in [0.3, 0.4) is 0 Å². The molecule has 0 aliphatic heterocycles. The number of ether oxygens (including phenoxy) is 1. The summed E-state index contributed by atoms with van der Waals surface area (Å²) in [6.07, 6.45) is 4.21. The predicted octanol–water partition coefficient (Wildman–Crippen LogP) is 3.53. The van der Waals surface area contributed by atoms with E-state index in [1.54, 1.807) is 7.11 Å². The van der Waals surface area contributed by atoms with Crippen LogP contribution >= 0.6 is 0 Å². The van der Waals surface area contributed by atoms with Crippen molar-refractivity contribution in [2.45, 2.75) is 39.7 Å².